The first-order chi connectivity index (χ1) is 7.46. The van der Waals surface area contributed by atoms with Crippen LogP contribution in [-0.4, -0.2) is 17.5 Å². The van der Waals surface area contributed by atoms with Crippen LogP contribution in [0.1, 0.15) is 26.3 Å². The van der Waals surface area contributed by atoms with Gasteiger partial charge in [0.1, 0.15) is 6.04 Å². The maximum Gasteiger partial charge on any atom is 0.243 e. The number of hydrogen-bond donors (Lipinski definition) is 2. The van der Waals surface area contributed by atoms with Gasteiger partial charge in [-0.3, -0.25) is 4.79 Å². The molecule has 1 aliphatic heterocycles. The second kappa shape index (κ2) is 3.81. The van der Waals surface area contributed by atoms with Crippen LogP contribution in [-0.2, 0) is 11.2 Å². The normalized spacial score (nSPS) is 18.8. The molecule has 1 unspecified atom stereocenters. The number of benzene rings is 1. The van der Waals surface area contributed by atoms with E-state index in [0.717, 1.165) is 12.1 Å². The van der Waals surface area contributed by atoms with Gasteiger partial charge in [0, 0.05) is 17.6 Å². The van der Waals surface area contributed by atoms with Crippen molar-refractivity contribution in [1.29, 1.82) is 0 Å². The van der Waals surface area contributed by atoms with Crippen molar-refractivity contribution in [3.05, 3.63) is 29.8 Å². The van der Waals surface area contributed by atoms with Gasteiger partial charge in [-0.25, -0.2) is 0 Å². The van der Waals surface area contributed by atoms with Crippen LogP contribution >= 0.6 is 0 Å². The molecule has 0 spiro atoms. The van der Waals surface area contributed by atoms with Crippen molar-refractivity contribution in [3.8, 4) is 0 Å². The maximum absolute atomic E-state index is 12.0. The second-order valence-corrected chi connectivity index (χ2v) is 5.30. The summed E-state index contributed by atoms with van der Waals surface area (Å²) in [5.41, 5.74) is 2.13. The first-order valence-corrected chi connectivity index (χ1v) is 5.62. The van der Waals surface area contributed by atoms with Gasteiger partial charge in [0.05, 0.1) is 0 Å². The Labute approximate surface area is 96.2 Å². The molecule has 0 bridgehead atoms. The molecule has 1 aromatic carbocycles. The molecule has 1 heterocycles. The van der Waals surface area contributed by atoms with Gasteiger partial charge in [0.25, 0.3) is 0 Å². The van der Waals surface area contributed by atoms with Crippen LogP contribution in [0, 0.1) is 0 Å². The van der Waals surface area contributed by atoms with Crippen molar-refractivity contribution in [3.63, 3.8) is 0 Å². The Balaban J connectivity index is 2.04. The molecule has 0 aliphatic carbocycles. The Kier molecular flexibility index (Phi) is 2.62. The molecule has 1 atom stereocenters. The zero-order valence-corrected chi connectivity index (χ0v) is 10.0. The molecule has 0 radical (unpaired) electrons. The SMILES string of the molecule is CC(C)(C)NC(=O)C1Cc2ccccc2N1. The molecule has 1 aliphatic rings. The van der Waals surface area contributed by atoms with Crippen molar-refractivity contribution in [2.45, 2.75) is 38.8 Å². The number of para-hydroxylation sites is 1. The van der Waals surface area contributed by atoms with E-state index in [1.54, 1.807) is 0 Å². The molecule has 86 valence electrons. The minimum atomic E-state index is -0.173. The van der Waals surface area contributed by atoms with E-state index in [1.165, 1.54) is 5.56 Å². The zero-order chi connectivity index (χ0) is 11.8. The number of anilines is 1. The molecule has 3 heteroatoms. The summed E-state index contributed by atoms with van der Waals surface area (Å²) >= 11 is 0. The molecule has 1 amide bonds. The minimum Gasteiger partial charge on any atom is -0.373 e. The topological polar surface area (TPSA) is 41.1 Å². The van der Waals surface area contributed by atoms with E-state index in [-0.39, 0.29) is 17.5 Å². The third-order valence-corrected chi connectivity index (χ3v) is 2.59. The third kappa shape index (κ3) is 2.35. The largest absolute Gasteiger partial charge is 0.373 e. The van der Waals surface area contributed by atoms with Gasteiger partial charge >= 0.3 is 0 Å². The summed E-state index contributed by atoms with van der Waals surface area (Å²) in [6.07, 6.45) is 0.776. The lowest BCUT2D eigenvalue weighted by Gasteiger charge is -2.23. The summed E-state index contributed by atoms with van der Waals surface area (Å²) in [4.78, 5) is 12.0. The monoisotopic (exact) mass is 218 g/mol. The van der Waals surface area contributed by atoms with Crippen LogP contribution < -0.4 is 10.6 Å². The molecule has 0 aromatic heterocycles. The maximum atomic E-state index is 12.0. The highest BCUT2D eigenvalue weighted by Gasteiger charge is 2.28. The van der Waals surface area contributed by atoms with Gasteiger partial charge < -0.3 is 10.6 Å². The van der Waals surface area contributed by atoms with Crippen LogP contribution in [0.5, 0.6) is 0 Å². The molecule has 0 saturated carbocycles. The van der Waals surface area contributed by atoms with Crippen molar-refractivity contribution in [1.82, 2.24) is 5.32 Å². The fourth-order valence-electron chi connectivity index (χ4n) is 1.91. The predicted molar refractivity (Wildman–Crippen MR) is 65.5 cm³/mol. The lowest BCUT2D eigenvalue weighted by Crippen LogP contribution is -2.47. The smallest absolute Gasteiger partial charge is 0.243 e. The summed E-state index contributed by atoms with van der Waals surface area (Å²) in [5.74, 6) is 0.0729. The second-order valence-electron chi connectivity index (χ2n) is 5.30. The average Bonchev–Trinajstić information content (AvgIpc) is 2.58. The number of carbonyl (C=O) groups excluding carboxylic acids is 1. The molecule has 0 fully saturated rings. The lowest BCUT2D eigenvalue weighted by molar-refractivity contribution is -0.123. The van der Waals surface area contributed by atoms with Crippen molar-refractivity contribution in [2.24, 2.45) is 0 Å². The number of nitrogens with one attached hydrogen (secondary N) is 2. The zero-order valence-electron chi connectivity index (χ0n) is 10.0. The van der Waals surface area contributed by atoms with Crippen molar-refractivity contribution in [2.75, 3.05) is 5.32 Å². The standard InChI is InChI=1S/C13H18N2O/c1-13(2,3)15-12(16)11-8-9-6-4-5-7-10(9)14-11/h4-7,11,14H,8H2,1-3H3,(H,15,16). The van der Waals surface area contributed by atoms with Gasteiger partial charge in [-0.15, -0.1) is 0 Å². The fourth-order valence-corrected chi connectivity index (χ4v) is 1.91. The summed E-state index contributed by atoms with van der Waals surface area (Å²) in [7, 11) is 0. The highest BCUT2D eigenvalue weighted by molar-refractivity contribution is 5.87. The highest BCUT2D eigenvalue weighted by Crippen LogP contribution is 2.25. The molecular weight excluding hydrogens is 200 g/mol. The Morgan fingerprint density at radius 3 is 2.69 bits per heavy atom. The fraction of sp³-hybridized carbons (Fsp3) is 0.462. The molecule has 0 saturated heterocycles. The first-order valence-electron chi connectivity index (χ1n) is 5.62. The summed E-state index contributed by atoms with van der Waals surface area (Å²) < 4.78 is 0. The molecule has 2 N–H and O–H groups in total. The van der Waals surface area contributed by atoms with Crippen LogP contribution in [0.4, 0.5) is 5.69 Å². The molecule has 3 nitrogen and oxygen atoms in total. The van der Waals surface area contributed by atoms with Crippen LogP contribution in [0.25, 0.3) is 0 Å². The summed E-state index contributed by atoms with van der Waals surface area (Å²) in [5, 5.41) is 6.24. The highest BCUT2D eigenvalue weighted by atomic mass is 16.2. The molecule has 2 rings (SSSR count). The van der Waals surface area contributed by atoms with E-state index < -0.39 is 0 Å². The van der Waals surface area contributed by atoms with Crippen molar-refractivity contribution >= 4 is 11.6 Å². The first kappa shape index (κ1) is 11.0. The number of amides is 1. The molecular formula is C13H18N2O. The quantitative estimate of drug-likeness (QED) is 0.756. The van der Waals surface area contributed by atoms with Crippen LogP contribution in [0.3, 0.4) is 0 Å². The van der Waals surface area contributed by atoms with E-state index in [2.05, 4.69) is 16.7 Å². The number of fused-ring (bicyclic) bond motifs is 1. The number of carbonyl (C=O) groups is 1. The van der Waals surface area contributed by atoms with Crippen LogP contribution in [0.15, 0.2) is 24.3 Å². The predicted octanol–water partition coefficient (Wildman–Crippen LogP) is 1.94. The number of rotatable bonds is 1. The van der Waals surface area contributed by atoms with E-state index in [4.69, 9.17) is 0 Å². The van der Waals surface area contributed by atoms with Gasteiger partial charge in [-0.2, -0.15) is 0 Å². The van der Waals surface area contributed by atoms with E-state index in [1.807, 2.05) is 39.0 Å². The molecule has 1 aromatic rings. The van der Waals surface area contributed by atoms with E-state index >= 15 is 0 Å². The van der Waals surface area contributed by atoms with E-state index in [0.29, 0.717) is 0 Å². The Hall–Kier alpha value is -1.51. The van der Waals surface area contributed by atoms with E-state index in [9.17, 15) is 4.79 Å². The van der Waals surface area contributed by atoms with Crippen molar-refractivity contribution < 1.29 is 4.79 Å². The Morgan fingerprint density at radius 2 is 2.06 bits per heavy atom. The summed E-state index contributed by atoms with van der Waals surface area (Å²) in [6, 6.07) is 7.93. The Morgan fingerprint density at radius 1 is 1.38 bits per heavy atom. The summed E-state index contributed by atoms with van der Waals surface area (Å²) in [6.45, 7) is 5.98. The van der Waals surface area contributed by atoms with Gasteiger partial charge in [0.15, 0.2) is 0 Å². The lowest BCUT2D eigenvalue weighted by atomic mass is 10.1. The van der Waals surface area contributed by atoms with Gasteiger partial charge in [-0.05, 0) is 32.4 Å². The third-order valence-electron chi connectivity index (χ3n) is 2.59. The van der Waals surface area contributed by atoms with Crippen LogP contribution in [0.2, 0.25) is 0 Å². The molecule has 16 heavy (non-hydrogen) atoms. The number of hydrogen-bond acceptors (Lipinski definition) is 2. The van der Waals surface area contributed by atoms with Gasteiger partial charge in [-0.1, -0.05) is 18.2 Å². The minimum absolute atomic E-state index is 0.0729. The Bertz CT molecular complexity index is 382. The average molecular weight is 218 g/mol. The van der Waals surface area contributed by atoms with Gasteiger partial charge in [0.2, 0.25) is 5.91 Å².